The van der Waals surface area contributed by atoms with E-state index in [0.717, 1.165) is 12.8 Å². The van der Waals surface area contributed by atoms with Crippen molar-refractivity contribution in [1.82, 2.24) is 14.4 Å². The predicted molar refractivity (Wildman–Crippen MR) is 129 cm³/mol. The van der Waals surface area contributed by atoms with E-state index in [1.807, 2.05) is 0 Å². The number of nitrogens with zero attached hydrogens (tertiary/aromatic N) is 3. The number of amides is 1. The lowest BCUT2D eigenvalue weighted by molar-refractivity contribution is 0.0943. The number of rotatable bonds is 7. The maximum atomic E-state index is 15.4. The smallest absolute Gasteiger partial charge is 0.251 e. The first-order chi connectivity index (χ1) is 16.6. The zero-order valence-corrected chi connectivity index (χ0v) is 19.3. The first-order valence-electron chi connectivity index (χ1n) is 11.4. The Bertz CT molecular complexity index is 1440. The van der Waals surface area contributed by atoms with Gasteiger partial charge in [-0.1, -0.05) is 6.07 Å². The molecule has 0 aliphatic heterocycles. The van der Waals surface area contributed by atoms with Gasteiger partial charge in [0, 0.05) is 29.4 Å². The maximum Gasteiger partial charge on any atom is 0.251 e. The van der Waals surface area contributed by atoms with E-state index in [9.17, 15) is 14.3 Å². The number of hydrogen-bond donors (Lipinski definition) is 3. The number of carbonyl (C=O) groups excluding carboxylic acids is 1. The van der Waals surface area contributed by atoms with Crippen LogP contribution in [0.15, 0.2) is 48.8 Å². The number of nitrogens with one attached hydrogen (secondary N) is 1. The van der Waals surface area contributed by atoms with Gasteiger partial charge in [0.1, 0.15) is 11.6 Å². The van der Waals surface area contributed by atoms with E-state index in [-0.39, 0.29) is 23.8 Å². The molecule has 1 saturated carbocycles. The van der Waals surface area contributed by atoms with Crippen LogP contribution in [0.25, 0.3) is 28.2 Å². The normalized spacial score (nSPS) is 13.9. The standard InChI is InChI=1S/C26H25F2N5O2/c1-26(2,35)13-31-24-25-30-11-20(33(25)12-19(32-24)14-5-7-16(27)8-6-14)17-9-10-18(23(29)34)22(28)21(17)15-3-4-15/h5-12,15,35H,3-4,13H2,1-2H3,(H2,29,34)(H,31,32). The first-order valence-corrected chi connectivity index (χ1v) is 11.4. The Hall–Kier alpha value is -3.85. The Morgan fingerprint density at radius 3 is 2.54 bits per heavy atom. The number of anilines is 1. The summed E-state index contributed by atoms with van der Waals surface area (Å²) in [6.07, 6.45) is 5.04. The summed E-state index contributed by atoms with van der Waals surface area (Å²) >= 11 is 0. The van der Waals surface area contributed by atoms with Crippen LogP contribution in [0.2, 0.25) is 0 Å². The van der Waals surface area contributed by atoms with Crippen molar-refractivity contribution in [1.29, 1.82) is 0 Å². The number of nitrogens with two attached hydrogens (primary N) is 1. The second-order valence-corrected chi connectivity index (χ2v) is 9.51. The quantitative estimate of drug-likeness (QED) is 0.363. The van der Waals surface area contributed by atoms with E-state index in [1.54, 1.807) is 48.8 Å². The zero-order valence-electron chi connectivity index (χ0n) is 19.3. The first kappa shape index (κ1) is 22.9. The van der Waals surface area contributed by atoms with Gasteiger partial charge in [-0.25, -0.2) is 18.7 Å². The van der Waals surface area contributed by atoms with Crippen molar-refractivity contribution < 1.29 is 18.7 Å². The van der Waals surface area contributed by atoms with Gasteiger partial charge >= 0.3 is 0 Å². The molecule has 0 bridgehead atoms. The van der Waals surface area contributed by atoms with Gasteiger partial charge in [0.25, 0.3) is 5.91 Å². The third-order valence-electron chi connectivity index (χ3n) is 6.03. The van der Waals surface area contributed by atoms with Crippen molar-refractivity contribution in [2.75, 3.05) is 11.9 Å². The fourth-order valence-electron chi connectivity index (χ4n) is 4.14. The minimum absolute atomic E-state index is 0.000963. The average molecular weight is 478 g/mol. The number of aromatic nitrogens is 3. The summed E-state index contributed by atoms with van der Waals surface area (Å²) in [6.45, 7) is 3.55. The monoisotopic (exact) mass is 477 g/mol. The number of halogens is 2. The molecule has 1 aliphatic rings. The van der Waals surface area contributed by atoms with Gasteiger partial charge in [0.15, 0.2) is 11.5 Å². The van der Waals surface area contributed by atoms with E-state index >= 15 is 4.39 Å². The van der Waals surface area contributed by atoms with Crippen LogP contribution in [-0.4, -0.2) is 37.5 Å². The minimum Gasteiger partial charge on any atom is -0.389 e. The number of hydrogen-bond acceptors (Lipinski definition) is 5. The number of aliphatic hydroxyl groups is 1. The molecule has 4 aromatic rings. The fourth-order valence-corrected chi connectivity index (χ4v) is 4.14. The summed E-state index contributed by atoms with van der Waals surface area (Å²) in [4.78, 5) is 21.0. The lowest BCUT2D eigenvalue weighted by Gasteiger charge is -2.19. The summed E-state index contributed by atoms with van der Waals surface area (Å²) in [5, 5.41) is 13.4. The van der Waals surface area contributed by atoms with Crippen LogP contribution in [0, 0.1) is 11.6 Å². The van der Waals surface area contributed by atoms with Crippen molar-refractivity contribution in [2.24, 2.45) is 5.73 Å². The zero-order chi connectivity index (χ0) is 24.9. The molecule has 0 unspecified atom stereocenters. The fraction of sp³-hybridized carbons (Fsp3) is 0.269. The van der Waals surface area contributed by atoms with Crippen molar-refractivity contribution in [3.05, 3.63) is 71.6 Å². The molecule has 2 aromatic carbocycles. The van der Waals surface area contributed by atoms with Crippen LogP contribution in [-0.2, 0) is 0 Å². The number of imidazole rings is 1. The number of benzene rings is 2. The molecule has 5 rings (SSSR count). The molecule has 1 amide bonds. The van der Waals surface area contributed by atoms with Gasteiger partial charge in [-0.15, -0.1) is 0 Å². The van der Waals surface area contributed by atoms with E-state index < -0.39 is 17.3 Å². The predicted octanol–water partition coefficient (Wildman–Crippen LogP) is 4.50. The highest BCUT2D eigenvalue weighted by atomic mass is 19.1. The van der Waals surface area contributed by atoms with Crippen LogP contribution in [0.4, 0.5) is 14.6 Å². The molecule has 2 aromatic heterocycles. The molecule has 180 valence electrons. The van der Waals surface area contributed by atoms with E-state index in [2.05, 4.69) is 15.3 Å². The highest BCUT2D eigenvalue weighted by molar-refractivity contribution is 5.94. The summed E-state index contributed by atoms with van der Waals surface area (Å²) in [6, 6.07) is 9.04. The number of primary amides is 1. The summed E-state index contributed by atoms with van der Waals surface area (Å²) < 4.78 is 30.7. The molecule has 0 radical (unpaired) electrons. The van der Waals surface area contributed by atoms with Crippen LogP contribution >= 0.6 is 0 Å². The molecule has 0 spiro atoms. The van der Waals surface area contributed by atoms with Crippen LogP contribution in [0.5, 0.6) is 0 Å². The van der Waals surface area contributed by atoms with Crippen molar-refractivity contribution >= 4 is 17.4 Å². The van der Waals surface area contributed by atoms with E-state index in [4.69, 9.17) is 5.73 Å². The molecule has 1 fully saturated rings. The Kier molecular flexibility index (Phi) is 5.52. The Balaban J connectivity index is 1.72. The van der Waals surface area contributed by atoms with Crippen molar-refractivity contribution in [2.45, 2.75) is 38.2 Å². The molecule has 2 heterocycles. The molecule has 7 nitrogen and oxygen atoms in total. The van der Waals surface area contributed by atoms with Crippen LogP contribution in [0.1, 0.15) is 48.5 Å². The molecule has 35 heavy (non-hydrogen) atoms. The second kappa shape index (κ2) is 8.42. The van der Waals surface area contributed by atoms with Crippen molar-refractivity contribution in [3.8, 4) is 22.5 Å². The lowest BCUT2D eigenvalue weighted by Crippen LogP contribution is -2.29. The minimum atomic E-state index is -1.01. The average Bonchev–Trinajstić information content (AvgIpc) is 3.55. The number of carbonyl (C=O) groups is 1. The summed E-state index contributed by atoms with van der Waals surface area (Å²) in [7, 11) is 0. The van der Waals surface area contributed by atoms with E-state index in [0.29, 0.717) is 39.5 Å². The van der Waals surface area contributed by atoms with Gasteiger partial charge < -0.3 is 16.2 Å². The molecule has 9 heteroatoms. The van der Waals surface area contributed by atoms with Gasteiger partial charge in [-0.2, -0.15) is 0 Å². The molecule has 1 aliphatic carbocycles. The van der Waals surface area contributed by atoms with Gasteiger partial charge in [-0.3, -0.25) is 9.20 Å². The molecular weight excluding hydrogens is 452 g/mol. The Morgan fingerprint density at radius 1 is 1.20 bits per heavy atom. The highest BCUT2D eigenvalue weighted by Crippen LogP contribution is 2.46. The molecule has 4 N–H and O–H groups in total. The van der Waals surface area contributed by atoms with Crippen LogP contribution < -0.4 is 11.1 Å². The Morgan fingerprint density at radius 2 is 1.91 bits per heavy atom. The van der Waals surface area contributed by atoms with E-state index in [1.165, 1.54) is 18.2 Å². The third kappa shape index (κ3) is 4.46. The van der Waals surface area contributed by atoms with Gasteiger partial charge in [0.2, 0.25) is 0 Å². The second-order valence-electron chi connectivity index (χ2n) is 9.51. The topological polar surface area (TPSA) is 106 Å². The van der Waals surface area contributed by atoms with Gasteiger partial charge in [0.05, 0.1) is 28.7 Å². The van der Waals surface area contributed by atoms with Crippen LogP contribution in [0.3, 0.4) is 0 Å². The highest BCUT2D eigenvalue weighted by Gasteiger charge is 2.32. The maximum absolute atomic E-state index is 15.4. The SMILES string of the molecule is CC(C)(O)CNc1nc(-c2ccc(F)cc2)cn2c(-c3ccc(C(N)=O)c(F)c3C3CC3)cnc12. The Labute approximate surface area is 200 Å². The lowest BCUT2D eigenvalue weighted by atomic mass is 9.96. The van der Waals surface area contributed by atoms with Gasteiger partial charge in [-0.05, 0) is 62.9 Å². The summed E-state index contributed by atoms with van der Waals surface area (Å²) in [5.74, 6) is -1.35. The van der Waals surface area contributed by atoms with Crippen molar-refractivity contribution in [3.63, 3.8) is 0 Å². The molecular formula is C26H25F2N5O2. The summed E-state index contributed by atoms with van der Waals surface area (Å²) in [5.41, 5.74) is 7.64. The number of fused-ring (bicyclic) bond motifs is 1. The molecule has 0 saturated heterocycles. The largest absolute Gasteiger partial charge is 0.389 e. The third-order valence-corrected chi connectivity index (χ3v) is 6.03. The molecule has 0 atom stereocenters.